The maximum absolute atomic E-state index is 12.9. The molecule has 4 rings (SSSR count). The summed E-state index contributed by atoms with van der Waals surface area (Å²) in [5, 5.41) is 12.2. The fourth-order valence-corrected chi connectivity index (χ4v) is 4.08. The van der Waals surface area contributed by atoms with Gasteiger partial charge in [0.25, 0.3) is 0 Å². The molecule has 3 heterocycles. The van der Waals surface area contributed by atoms with E-state index >= 15 is 0 Å². The summed E-state index contributed by atoms with van der Waals surface area (Å²) in [6.45, 7) is 0.311. The molecule has 1 unspecified atom stereocenters. The molecule has 1 aromatic carbocycles. The van der Waals surface area contributed by atoms with E-state index in [0.717, 1.165) is 21.7 Å². The van der Waals surface area contributed by atoms with Crippen molar-refractivity contribution in [3.05, 3.63) is 71.0 Å². The van der Waals surface area contributed by atoms with Gasteiger partial charge < -0.3 is 10.0 Å². The molecule has 1 N–H and O–H groups in total. The molecule has 0 saturated carbocycles. The van der Waals surface area contributed by atoms with Crippen LogP contribution in [0, 0.1) is 0 Å². The van der Waals surface area contributed by atoms with Gasteiger partial charge in [0.2, 0.25) is 5.91 Å². The number of carboxylic acid groups (broad SMARTS) is 1. The van der Waals surface area contributed by atoms with E-state index in [2.05, 4.69) is 9.97 Å². The Hall–Kier alpha value is -3.06. The number of aliphatic carboxylic acids is 1. The lowest BCUT2D eigenvalue weighted by Gasteiger charge is -2.34. The van der Waals surface area contributed by atoms with E-state index < -0.39 is 12.0 Å². The Morgan fingerprint density at radius 3 is 2.74 bits per heavy atom. The molecule has 3 aromatic rings. The number of carbonyl (C=O) groups excluding carboxylic acids is 1. The highest BCUT2D eigenvalue weighted by Crippen LogP contribution is 2.26. The minimum atomic E-state index is -0.979. The molecule has 1 aliphatic rings. The van der Waals surface area contributed by atoms with Gasteiger partial charge in [-0.1, -0.05) is 24.3 Å². The normalized spacial score (nSPS) is 16.0. The molecule has 0 aliphatic carbocycles. The molecule has 6 nitrogen and oxygen atoms in total. The third kappa shape index (κ3) is 3.59. The van der Waals surface area contributed by atoms with Gasteiger partial charge in [-0.25, -0.2) is 9.78 Å². The van der Waals surface area contributed by atoms with Crippen LogP contribution in [0.4, 0.5) is 0 Å². The van der Waals surface area contributed by atoms with Crippen molar-refractivity contribution in [2.75, 3.05) is 0 Å². The molecule has 1 atom stereocenters. The Morgan fingerprint density at radius 2 is 2.00 bits per heavy atom. The summed E-state index contributed by atoms with van der Waals surface area (Å²) >= 11 is 1.45. The summed E-state index contributed by atoms with van der Waals surface area (Å²) in [6.07, 6.45) is 3.84. The standard InChI is InChI=1S/C20H17N3O3S/c24-18(9-16-12-27-19(22-16)14-6-3-7-21-10-14)23-11-15-5-2-1-4-13(15)8-17(23)20(25)26/h1-7,10,12,17H,8-9,11H2,(H,25,26). The fourth-order valence-electron chi connectivity index (χ4n) is 3.27. The van der Waals surface area contributed by atoms with Crippen molar-refractivity contribution in [3.63, 3.8) is 0 Å². The van der Waals surface area contributed by atoms with Gasteiger partial charge in [-0.3, -0.25) is 9.78 Å². The smallest absolute Gasteiger partial charge is 0.326 e. The summed E-state index contributed by atoms with van der Waals surface area (Å²) in [6, 6.07) is 10.6. The number of carbonyl (C=O) groups is 2. The van der Waals surface area contributed by atoms with Crippen molar-refractivity contribution >= 4 is 23.2 Å². The average Bonchev–Trinajstić information content (AvgIpc) is 3.16. The molecule has 0 spiro atoms. The molecule has 1 amide bonds. The van der Waals surface area contributed by atoms with Crippen LogP contribution in [0.1, 0.15) is 16.8 Å². The van der Waals surface area contributed by atoms with E-state index in [1.165, 1.54) is 16.2 Å². The number of carboxylic acids is 1. The van der Waals surface area contributed by atoms with Gasteiger partial charge in [0.15, 0.2) is 0 Å². The van der Waals surface area contributed by atoms with Crippen LogP contribution in [0.2, 0.25) is 0 Å². The largest absolute Gasteiger partial charge is 0.480 e. The topological polar surface area (TPSA) is 83.4 Å². The molecule has 7 heteroatoms. The predicted octanol–water partition coefficient (Wildman–Crippen LogP) is 2.79. The van der Waals surface area contributed by atoms with Gasteiger partial charge in [0.1, 0.15) is 11.0 Å². The minimum Gasteiger partial charge on any atom is -0.480 e. The van der Waals surface area contributed by atoms with Crippen LogP contribution in [0.25, 0.3) is 10.6 Å². The zero-order valence-corrected chi connectivity index (χ0v) is 15.2. The zero-order valence-electron chi connectivity index (χ0n) is 14.4. The summed E-state index contributed by atoms with van der Waals surface area (Å²) in [5.74, 6) is -1.20. The van der Waals surface area contributed by atoms with Crippen molar-refractivity contribution in [2.24, 2.45) is 0 Å². The third-order valence-electron chi connectivity index (χ3n) is 4.65. The van der Waals surface area contributed by atoms with Gasteiger partial charge in [0, 0.05) is 36.3 Å². The summed E-state index contributed by atoms with van der Waals surface area (Å²) in [4.78, 5) is 34.6. The van der Waals surface area contributed by atoms with Gasteiger partial charge in [-0.05, 0) is 23.3 Å². The number of nitrogens with zero attached hydrogens (tertiary/aromatic N) is 3. The van der Waals surface area contributed by atoms with Gasteiger partial charge in [0.05, 0.1) is 12.1 Å². The van der Waals surface area contributed by atoms with Crippen LogP contribution in [0.3, 0.4) is 0 Å². The SMILES string of the molecule is O=C(O)C1Cc2ccccc2CN1C(=O)Cc1csc(-c2cccnc2)n1. The summed E-state index contributed by atoms with van der Waals surface area (Å²) in [5.41, 5.74) is 3.53. The second-order valence-electron chi connectivity index (χ2n) is 6.41. The molecule has 0 saturated heterocycles. The number of rotatable bonds is 4. The van der Waals surface area contributed by atoms with Gasteiger partial charge in [-0.2, -0.15) is 0 Å². The lowest BCUT2D eigenvalue weighted by Crippen LogP contribution is -2.49. The maximum atomic E-state index is 12.9. The van der Waals surface area contributed by atoms with Gasteiger partial charge in [-0.15, -0.1) is 11.3 Å². The van der Waals surface area contributed by atoms with E-state index in [9.17, 15) is 14.7 Å². The molecule has 2 aromatic heterocycles. The molecular formula is C20H17N3O3S. The maximum Gasteiger partial charge on any atom is 0.326 e. The van der Waals surface area contributed by atoms with Crippen molar-refractivity contribution in [3.8, 4) is 10.6 Å². The van der Waals surface area contributed by atoms with Crippen LogP contribution >= 0.6 is 11.3 Å². The van der Waals surface area contributed by atoms with Crippen LogP contribution in [0.5, 0.6) is 0 Å². The van der Waals surface area contributed by atoms with Crippen molar-refractivity contribution < 1.29 is 14.7 Å². The van der Waals surface area contributed by atoms with Crippen LogP contribution < -0.4 is 0 Å². The number of pyridine rings is 1. The van der Waals surface area contributed by atoms with Crippen molar-refractivity contribution in [2.45, 2.75) is 25.4 Å². The Kier molecular flexibility index (Phi) is 4.68. The molecular weight excluding hydrogens is 362 g/mol. The van der Waals surface area contributed by atoms with E-state index in [0.29, 0.717) is 18.7 Å². The number of fused-ring (bicyclic) bond motifs is 1. The van der Waals surface area contributed by atoms with Crippen LogP contribution in [0.15, 0.2) is 54.2 Å². The number of hydrogen-bond donors (Lipinski definition) is 1. The van der Waals surface area contributed by atoms with E-state index in [1.807, 2.05) is 41.8 Å². The number of hydrogen-bond acceptors (Lipinski definition) is 5. The summed E-state index contributed by atoms with van der Waals surface area (Å²) in [7, 11) is 0. The second kappa shape index (κ2) is 7.28. The number of benzene rings is 1. The lowest BCUT2D eigenvalue weighted by atomic mass is 9.93. The Bertz CT molecular complexity index is 987. The number of thiazole rings is 1. The van der Waals surface area contributed by atoms with Gasteiger partial charge >= 0.3 is 5.97 Å². The quantitative estimate of drug-likeness (QED) is 0.754. The van der Waals surface area contributed by atoms with E-state index in [-0.39, 0.29) is 12.3 Å². The minimum absolute atomic E-state index is 0.0860. The molecule has 0 bridgehead atoms. The Morgan fingerprint density at radius 1 is 1.19 bits per heavy atom. The average molecular weight is 379 g/mol. The molecule has 0 radical (unpaired) electrons. The lowest BCUT2D eigenvalue weighted by molar-refractivity contribution is -0.151. The second-order valence-corrected chi connectivity index (χ2v) is 7.27. The monoisotopic (exact) mass is 379 g/mol. The molecule has 1 aliphatic heterocycles. The predicted molar refractivity (Wildman–Crippen MR) is 101 cm³/mol. The third-order valence-corrected chi connectivity index (χ3v) is 5.59. The van der Waals surface area contributed by atoms with Crippen molar-refractivity contribution in [1.29, 1.82) is 0 Å². The first kappa shape index (κ1) is 17.4. The first-order valence-corrected chi connectivity index (χ1v) is 9.43. The molecule has 27 heavy (non-hydrogen) atoms. The highest BCUT2D eigenvalue weighted by molar-refractivity contribution is 7.13. The van der Waals surface area contributed by atoms with E-state index in [1.54, 1.807) is 12.4 Å². The highest BCUT2D eigenvalue weighted by Gasteiger charge is 2.34. The van der Waals surface area contributed by atoms with Crippen molar-refractivity contribution in [1.82, 2.24) is 14.9 Å². The first-order valence-electron chi connectivity index (χ1n) is 8.55. The first-order chi connectivity index (χ1) is 13.1. The number of aromatic nitrogens is 2. The van der Waals surface area contributed by atoms with E-state index in [4.69, 9.17) is 0 Å². The highest BCUT2D eigenvalue weighted by atomic mass is 32.1. The fraction of sp³-hybridized carbons (Fsp3) is 0.200. The molecule has 0 fully saturated rings. The number of amides is 1. The Labute approximate surface area is 160 Å². The van der Waals surface area contributed by atoms with Crippen LogP contribution in [-0.2, 0) is 29.0 Å². The Balaban J connectivity index is 1.54. The zero-order chi connectivity index (χ0) is 18.8. The molecule has 136 valence electrons. The van der Waals surface area contributed by atoms with Crippen LogP contribution in [-0.4, -0.2) is 37.9 Å². The summed E-state index contributed by atoms with van der Waals surface area (Å²) < 4.78 is 0.